The van der Waals surface area contributed by atoms with Gasteiger partial charge in [0, 0.05) is 32.2 Å². The Bertz CT molecular complexity index is 681. The Hall–Kier alpha value is -1.71. The fourth-order valence-corrected chi connectivity index (χ4v) is 3.25. The van der Waals surface area contributed by atoms with E-state index in [1.54, 1.807) is 7.11 Å². The lowest BCUT2D eigenvalue weighted by Gasteiger charge is -2.24. The van der Waals surface area contributed by atoms with E-state index in [9.17, 15) is 4.79 Å². The molecule has 0 saturated carbocycles. The normalized spacial score (nSPS) is 16.8. The van der Waals surface area contributed by atoms with Gasteiger partial charge in [0.25, 0.3) is 0 Å². The number of ether oxygens (including phenoxy) is 1. The highest BCUT2D eigenvalue weighted by atomic mass is 127. The van der Waals surface area contributed by atoms with Crippen LogP contribution in [-0.2, 0) is 4.79 Å². The summed E-state index contributed by atoms with van der Waals surface area (Å²) in [6.07, 6.45) is 1.02. The summed E-state index contributed by atoms with van der Waals surface area (Å²) in [7, 11) is 1.71. The topological polar surface area (TPSA) is 78.0 Å². The van der Waals surface area contributed by atoms with Crippen molar-refractivity contribution in [1.82, 2.24) is 16.0 Å². The maximum atomic E-state index is 12.2. The zero-order chi connectivity index (χ0) is 20.6. The van der Waals surface area contributed by atoms with Crippen LogP contribution in [0.5, 0.6) is 5.75 Å². The Morgan fingerprint density at radius 3 is 2.59 bits per heavy atom. The zero-order valence-corrected chi connectivity index (χ0v) is 20.6. The standard InChI is InChI=1S/C21H35N5O2.HI/c1-6-22-19(27)21(3,4)15-24-20(23-7-2)25-16-12-13-26(14-16)17-10-8-9-11-18(17)28-5;/h8-11,16H,6-7,12-15H2,1-5H3,(H,22,27)(H2,23,24,25);1H. The van der Waals surface area contributed by atoms with Gasteiger partial charge < -0.3 is 25.6 Å². The summed E-state index contributed by atoms with van der Waals surface area (Å²) in [5.74, 6) is 1.68. The molecule has 1 amide bonds. The van der Waals surface area contributed by atoms with Crippen LogP contribution in [-0.4, -0.2) is 57.7 Å². The molecule has 1 fully saturated rings. The molecular formula is C21H36IN5O2. The molecule has 1 saturated heterocycles. The first-order valence-corrected chi connectivity index (χ1v) is 10.1. The number of carbonyl (C=O) groups is 1. The van der Waals surface area contributed by atoms with Gasteiger partial charge >= 0.3 is 0 Å². The molecule has 3 N–H and O–H groups in total. The highest BCUT2D eigenvalue weighted by molar-refractivity contribution is 14.0. The number of rotatable bonds is 8. The van der Waals surface area contributed by atoms with Crippen molar-refractivity contribution in [2.75, 3.05) is 44.7 Å². The quantitative estimate of drug-likeness (QED) is 0.281. The van der Waals surface area contributed by atoms with Gasteiger partial charge in [-0.15, -0.1) is 24.0 Å². The first-order valence-electron chi connectivity index (χ1n) is 10.1. The molecule has 8 heteroatoms. The van der Waals surface area contributed by atoms with Crippen LogP contribution in [0.25, 0.3) is 0 Å². The van der Waals surface area contributed by atoms with E-state index in [-0.39, 0.29) is 35.9 Å². The number of carbonyl (C=O) groups excluding carboxylic acids is 1. The van der Waals surface area contributed by atoms with Crippen molar-refractivity contribution in [2.45, 2.75) is 40.2 Å². The summed E-state index contributed by atoms with van der Waals surface area (Å²) < 4.78 is 5.49. The smallest absolute Gasteiger partial charge is 0.227 e. The van der Waals surface area contributed by atoms with Crippen molar-refractivity contribution in [1.29, 1.82) is 0 Å². The maximum Gasteiger partial charge on any atom is 0.227 e. The SMILES string of the molecule is CCNC(=O)C(C)(C)CN=C(NCC)NC1CCN(c2ccccc2OC)C1.I. The predicted octanol–water partition coefficient (Wildman–Crippen LogP) is 2.61. The van der Waals surface area contributed by atoms with E-state index in [4.69, 9.17) is 4.74 Å². The van der Waals surface area contributed by atoms with Gasteiger partial charge in [0.2, 0.25) is 5.91 Å². The fraction of sp³-hybridized carbons (Fsp3) is 0.619. The molecule has 0 spiro atoms. The molecule has 164 valence electrons. The highest BCUT2D eigenvalue weighted by Crippen LogP contribution is 2.30. The van der Waals surface area contributed by atoms with Gasteiger partial charge in [-0.1, -0.05) is 12.1 Å². The van der Waals surface area contributed by atoms with Crippen LogP contribution in [0.3, 0.4) is 0 Å². The van der Waals surface area contributed by atoms with Crippen LogP contribution in [0.4, 0.5) is 5.69 Å². The lowest BCUT2D eigenvalue weighted by molar-refractivity contribution is -0.128. The maximum absolute atomic E-state index is 12.2. The van der Waals surface area contributed by atoms with Gasteiger partial charge in [-0.25, -0.2) is 0 Å². The molecule has 1 aromatic carbocycles. The third kappa shape index (κ3) is 7.24. The number of anilines is 1. The molecule has 1 heterocycles. The van der Waals surface area contributed by atoms with E-state index in [0.29, 0.717) is 13.1 Å². The summed E-state index contributed by atoms with van der Waals surface area (Å²) in [4.78, 5) is 19.2. The number of methoxy groups -OCH3 is 1. The second-order valence-corrected chi connectivity index (χ2v) is 7.69. The minimum absolute atomic E-state index is 0. The summed E-state index contributed by atoms with van der Waals surface area (Å²) >= 11 is 0. The number of amides is 1. The van der Waals surface area contributed by atoms with Crippen molar-refractivity contribution < 1.29 is 9.53 Å². The predicted molar refractivity (Wildman–Crippen MR) is 131 cm³/mol. The van der Waals surface area contributed by atoms with E-state index in [1.807, 2.05) is 45.9 Å². The van der Waals surface area contributed by atoms with Gasteiger partial charge in [-0.3, -0.25) is 9.79 Å². The number of nitrogens with zero attached hydrogens (tertiary/aromatic N) is 2. The van der Waals surface area contributed by atoms with Crippen molar-refractivity contribution >= 4 is 41.5 Å². The van der Waals surface area contributed by atoms with Crippen LogP contribution in [0.1, 0.15) is 34.1 Å². The molecule has 1 unspecified atom stereocenters. The number of guanidine groups is 1. The van der Waals surface area contributed by atoms with E-state index < -0.39 is 5.41 Å². The third-order valence-corrected chi connectivity index (χ3v) is 4.88. The van der Waals surface area contributed by atoms with Crippen molar-refractivity contribution in [3.8, 4) is 5.75 Å². The third-order valence-electron chi connectivity index (χ3n) is 4.88. The van der Waals surface area contributed by atoms with Crippen molar-refractivity contribution in [3.05, 3.63) is 24.3 Å². The van der Waals surface area contributed by atoms with E-state index in [1.165, 1.54) is 0 Å². The molecule has 0 bridgehead atoms. The Labute approximate surface area is 192 Å². The average Bonchev–Trinajstić information content (AvgIpc) is 3.15. The minimum Gasteiger partial charge on any atom is -0.495 e. The highest BCUT2D eigenvalue weighted by Gasteiger charge is 2.28. The number of aliphatic imine (C=N–C) groups is 1. The van der Waals surface area contributed by atoms with E-state index >= 15 is 0 Å². The molecule has 1 atom stereocenters. The van der Waals surface area contributed by atoms with Crippen LogP contribution in [0.15, 0.2) is 29.3 Å². The second kappa shape index (κ2) is 12.1. The number of hydrogen-bond acceptors (Lipinski definition) is 4. The molecule has 29 heavy (non-hydrogen) atoms. The van der Waals surface area contributed by atoms with E-state index in [0.717, 1.165) is 43.5 Å². The van der Waals surface area contributed by atoms with Gasteiger partial charge in [0.1, 0.15) is 5.75 Å². The lowest BCUT2D eigenvalue weighted by Crippen LogP contribution is -2.46. The first kappa shape index (κ1) is 25.3. The summed E-state index contributed by atoms with van der Waals surface area (Å²) in [6.45, 7) is 11.5. The molecule has 0 aliphatic carbocycles. The second-order valence-electron chi connectivity index (χ2n) is 7.69. The lowest BCUT2D eigenvalue weighted by atomic mass is 9.92. The summed E-state index contributed by atoms with van der Waals surface area (Å²) in [5.41, 5.74) is 0.575. The molecule has 7 nitrogen and oxygen atoms in total. The Morgan fingerprint density at radius 2 is 1.93 bits per heavy atom. The van der Waals surface area contributed by atoms with Crippen LogP contribution in [0, 0.1) is 5.41 Å². The largest absolute Gasteiger partial charge is 0.495 e. The summed E-state index contributed by atoms with van der Waals surface area (Å²) in [6, 6.07) is 8.39. The monoisotopic (exact) mass is 517 g/mol. The van der Waals surface area contributed by atoms with E-state index in [2.05, 4.69) is 31.9 Å². The van der Waals surface area contributed by atoms with Crippen LogP contribution < -0.4 is 25.6 Å². The minimum atomic E-state index is -0.544. The Balaban J connectivity index is 0.00000420. The number of nitrogens with one attached hydrogen (secondary N) is 3. The average molecular weight is 517 g/mol. The first-order chi connectivity index (χ1) is 13.4. The van der Waals surface area contributed by atoms with Crippen molar-refractivity contribution in [2.24, 2.45) is 10.4 Å². The Kier molecular flexibility index (Phi) is 10.6. The number of halogens is 1. The fourth-order valence-electron chi connectivity index (χ4n) is 3.25. The summed E-state index contributed by atoms with van der Waals surface area (Å²) in [5, 5.41) is 9.70. The molecule has 1 aliphatic rings. The van der Waals surface area contributed by atoms with Crippen LogP contribution in [0.2, 0.25) is 0 Å². The van der Waals surface area contributed by atoms with Crippen molar-refractivity contribution in [3.63, 3.8) is 0 Å². The molecular weight excluding hydrogens is 481 g/mol. The molecule has 0 radical (unpaired) electrons. The molecule has 1 aliphatic heterocycles. The number of hydrogen-bond donors (Lipinski definition) is 3. The van der Waals surface area contributed by atoms with Gasteiger partial charge in [0.15, 0.2) is 5.96 Å². The molecule has 2 rings (SSSR count). The Morgan fingerprint density at radius 1 is 1.24 bits per heavy atom. The number of para-hydroxylation sites is 2. The van der Waals surface area contributed by atoms with Gasteiger partial charge in [-0.05, 0) is 46.2 Å². The van der Waals surface area contributed by atoms with Gasteiger partial charge in [-0.2, -0.15) is 0 Å². The zero-order valence-electron chi connectivity index (χ0n) is 18.2. The molecule has 0 aromatic heterocycles. The molecule has 1 aromatic rings. The van der Waals surface area contributed by atoms with Gasteiger partial charge in [0.05, 0.1) is 24.8 Å². The van der Waals surface area contributed by atoms with Crippen LogP contribution >= 0.6 is 24.0 Å². The number of benzene rings is 1.